The lowest BCUT2D eigenvalue weighted by Gasteiger charge is -1.95. The van der Waals surface area contributed by atoms with Crippen LogP contribution in [0.25, 0.3) is 33.1 Å². The predicted molar refractivity (Wildman–Crippen MR) is 82.5 cm³/mol. The lowest BCUT2D eigenvalue weighted by molar-refractivity contribution is 0.510. The molecular formula is C16H8F3N3S. The van der Waals surface area contributed by atoms with Gasteiger partial charge >= 0.3 is 0 Å². The lowest BCUT2D eigenvalue weighted by atomic mass is 10.2. The maximum atomic E-state index is 13.3. The molecule has 0 saturated heterocycles. The van der Waals surface area contributed by atoms with Gasteiger partial charge in [0.25, 0.3) is 0 Å². The lowest BCUT2D eigenvalue weighted by Crippen LogP contribution is -1.82. The first kappa shape index (κ1) is 14.0. The summed E-state index contributed by atoms with van der Waals surface area (Å²) in [6.45, 7) is 0. The molecule has 3 nitrogen and oxygen atoms in total. The van der Waals surface area contributed by atoms with Crippen molar-refractivity contribution in [1.82, 2.24) is 15.0 Å². The smallest absolute Gasteiger partial charge is 0.161 e. The molecule has 0 amide bonds. The van der Waals surface area contributed by atoms with Gasteiger partial charge in [0.05, 0.1) is 11.0 Å². The summed E-state index contributed by atoms with van der Waals surface area (Å²) in [5.41, 5.74) is 2.08. The zero-order valence-corrected chi connectivity index (χ0v) is 12.3. The number of hydrogen-bond acceptors (Lipinski definition) is 3. The molecule has 2 heterocycles. The van der Waals surface area contributed by atoms with E-state index in [1.54, 1.807) is 17.5 Å². The Kier molecular flexibility index (Phi) is 3.16. The number of rotatable bonds is 2. The van der Waals surface area contributed by atoms with Gasteiger partial charge in [-0.1, -0.05) is 0 Å². The average molecular weight is 331 g/mol. The van der Waals surface area contributed by atoms with E-state index in [9.17, 15) is 13.2 Å². The monoisotopic (exact) mass is 331 g/mol. The number of aromatic amines is 1. The van der Waals surface area contributed by atoms with E-state index < -0.39 is 11.6 Å². The number of imidazole rings is 1. The molecular weight excluding hydrogens is 323 g/mol. The first-order valence-electron chi connectivity index (χ1n) is 6.67. The molecule has 4 rings (SSSR count). The van der Waals surface area contributed by atoms with Crippen molar-refractivity contribution in [2.24, 2.45) is 0 Å². The van der Waals surface area contributed by atoms with Gasteiger partial charge in [-0.2, -0.15) is 0 Å². The molecule has 0 aliphatic carbocycles. The van der Waals surface area contributed by atoms with E-state index >= 15 is 0 Å². The Bertz CT molecular complexity index is 966. The number of nitrogens with zero attached hydrogens (tertiary/aromatic N) is 2. The first-order valence-corrected chi connectivity index (χ1v) is 7.55. The van der Waals surface area contributed by atoms with Gasteiger partial charge in [-0.15, -0.1) is 11.3 Å². The van der Waals surface area contributed by atoms with Crippen LogP contribution >= 0.6 is 11.3 Å². The van der Waals surface area contributed by atoms with Crippen molar-refractivity contribution in [3.63, 3.8) is 0 Å². The number of benzene rings is 2. The second-order valence-electron chi connectivity index (χ2n) is 4.91. The molecule has 0 atom stereocenters. The molecule has 4 aromatic rings. The Labute approximate surface area is 132 Å². The third kappa shape index (κ3) is 2.49. The second-order valence-corrected chi connectivity index (χ2v) is 5.77. The molecule has 0 spiro atoms. The Balaban J connectivity index is 1.75. The highest BCUT2D eigenvalue weighted by Crippen LogP contribution is 2.29. The first-order chi connectivity index (χ1) is 11.1. The van der Waals surface area contributed by atoms with Gasteiger partial charge in [-0.25, -0.2) is 23.1 Å². The van der Waals surface area contributed by atoms with Crippen LogP contribution in [0.3, 0.4) is 0 Å². The zero-order chi connectivity index (χ0) is 16.0. The van der Waals surface area contributed by atoms with E-state index in [1.807, 2.05) is 0 Å². The number of halogens is 3. The van der Waals surface area contributed by atoms with Crippen LogP contribution in [-0.2, 0) is 0 Å². The van der Waals surface area contributed by atoms with Crippen LogP contribution in [0.4, 0.5) is 13.2 Å². The van der Waals surface area contributed by atoms with E-state index in [0.29, 0.717) is 27.6 Å². The summed E-state index contributed by atoms with van der Waals surface area (Å²) in [5, 5.41) is 2.49. The number of hydrogen-bond donors (Lipinski definition) is 1. The summed E-state index contributed by atoms with van der Waals surface area (Å²) in [5.74, 6) is -1.76. The highest BCUT2D eigenvalue weighted by atomic mass is 32.1. The number of aromatic nitrogens is 3. The number of thiazole rings is 1. The summed E-state index contributed by atoms with van der Waals surface area (Å²) in [7, 11) is 0. The summed E-state index contributed by atoms with van der Waals surface area (Å²) >= 11 is 1.38. The fourth-order valence-electron chi connectivity index (χ4n) is 2.23. The van der Waals surface area contributed by atoms with Crippen LogP contribution in [0, 0.1) is 17.5 Å². The minimum Gasteiger partial charge on any atom is -0.337 e. The standard InChI is InChI=1S/C16H8F3N3S/c17-9-3-1-8(2-4-9)16-22-14(7-23-16)15-20-12-5-10(18)11(19)6-13(12)21-15/h1-7H,(H,20,21). The zero-order valence-electron chi connectivity index (χ0n) is 11.5. The largest absolute Gasteiger partial charge is 0.337 e. The van der Waals surface area contributed by atoms with E-state index in [-0.39, 0.29) is 5.82 Å². The molecule has 0 saturated carbocycles. The van der Waals surface area contributed by atoms with Crippen molar-refractivity contribution < 1.29 is 13.2 Å². The highest BCUT2D eigenvalue weighted by Gasteiger charge is 2.13. The summed E-state index contributed by atoms with van der Waals surface area (Å²) in [4.78, 5) is 11.6. The normalized spacial score (nSPS) is 11.3. The second kappa shape index (κ2) is 5.20. The number of H-pyrrole nitrogens is 1. The molecule has 0 unspecified atom stereocenters. The molecule has 114 valence electrons. The van der Waals surface area contributed by atoms with Gasteiger partial charge in [0, 0.05) is 23.1 Å². The fourth-order valence-corrected chi connectivity index (χ4v) is 3.04. The Morgan fingerprint density at radius 3 is 2.43 bits per heavy atom. The van der Waals surface area contributed by atoms with Gasteiger partial charge in [-0.3, -0.25) is 0 Å². The van der Waals surface area contributed by atoms with E-state index in [1.165, 1.54) is 23.5 Å². The van der Waals surface area contributed by atoms with Gasteiger partial charge in [0.2, 0.25) is 0 Å². The topological polar surface area (TPSA) is 41.6 Å². The molecule has 0 fully saturated rings. The quantitative estimate of drug-likeness (QED) is 0.575. The maximum Gasteiger partial charge on any atom is 0.161 e. The molecule has 0 radical (unpaired) electrons. The van der Waals surface area contributed by atoms with Gasteiger partial charge in [0.1, 0.15) is 16.5 Å². The van der Waals surface area contributed by atoms with Gasteiger partial charge in [0.15, 0.2) is 17.5 Å². The molecule has 7 heteroatoms. The van der Waals surface area contributed by atoms with Crippen LogP contribution in [-0.4, -0.2) is 15.0 Å². The maximum absolute atomic E-state index is 13.3. The van der Waals surface area contributed by atoms with Crippen molar-refractivity contribution >= 4 is 22.4 Å². The Morgan fingerprint density at radius 1 is 0.913 bits per heavy atom. The predicted octanol–water partition coefficient (Wildman–Crippen LogP) is 4.77. The van der Waals surface area contributed by atoms with Crippen molar-refractivity contribution in [3.05, 3.63) is 59.2 Å². The van der Waals surface area contributed by atoms with Crippen LogP contribution < -0.4 is 0 Å². The minimum atomic E-state index is -0.944. The number of nitrogens with one attached hydrogen (secondary N) is 1. The molecule has 2 aromatic heterocycles. The number of fused-ring (bicyclic) bond motifs is 1. The van der Waals surface area contributed by atoms with Crippen molar-refractivity contribution in [1.29, 1.82) is 0 Å². The Morgan fingerprint density at radius 2 is 1.65 bits per heavy atom. The molecule has 0 bridgehead atoms. The minimum absolute atomic E-state index is 0.313. The van der Waals surface area contributed by atoms with Crippen LogP contribution in [0.1, 0.15) is 0 Å². The van der Waals surface area contributed by atoms with Gasteiger partial charge in [-0.05, 0) is 24.3 Å². The van der Waals surface area contributed by atoms with Crippen LogP contribution in [0.5, 0.6) is 0 Å². The van der Waals surface area contributed by atoms with Crippen LogP contribution in [0.2, 0.25) is 0 Å². The highest BCUT2D eigenvalue weighted by molar-refractivity contribution is 7.13. The summed E-state index contributed by atoms with van der Waals surface area (Å²) < 4.78 is 39.5. The summed E-state index contributed by atoms with van der Waals surface area (Å²) in [6.07, 6.45) is 0. The average Bonchev–Trinajstić information content (AvgIpc) is 3.15. The SMILES string of the molecule is Fc1ccc(-c2nc(-c3nc4cc(F)c(F)cc4[nH]3)cs2)cc1. The third-order valence-electron chi connectivity index (χ3n) is 3.36. The van der Waals surface area contributed by atoms with E-state index in [4.69, 9.17) is 0 Å². The third-order valence-corrected chi connectivity index (χ3v) is 4.25. The summed E-state index contributed by atoms with van der Waals surface area (Å²) in [6, 6.07) is 8.11. The van der Waals surface area contributed by atoms with Crippen molar-refractivity contribution in [3.8, 4) is 22.1 Å². The van der Waals surface area contributed by atoms with Gasteiger partial charge < -0.3 is 4.98 Å². The fraction of sp³-hybridized carbons (Fsp3) is 0. The molecule has 1 N–H and O–H groups in total. The Hall–Kier alpha value is -2.67. The molecule has 0 aliphatic heterocycles. The van der Waals surface area contributed by atoms with E-state index in [0.717, 1.165) is 17.7 Å². The molecule has 0 aliphatic rings. The van der Waals surface area contributed by atoms with E-state index in [2.05, 4.69) is 15.0 Å². The molecule has 2 aromatic carbocycles. The van der Waals surface area contributed by atoms with Crippen LogP contribution in [0.15, 0.2) is 41.8 Å². The molecule has 23 heavy (non-hydrogen) atoms. The van der Waals surface area contributed by atoms with Crippen molar-refractivity contribution in [2.45, 2.75) is 0 Å². The van der Waals surface area contributed by atoms with Crippen molar-refractivity contribution in [2.75, 3.05) is 0 Å².